The summed E-state index contributed by atoms with van der Waals surface area (Å²) in [5.41, 5.74) is 7.68. The van der Waals surface area contributed by atoms with Crippen LogP contribution in [0, 0.1) is 0 Å². The van der Waals surface area contributed by atoms with Crippen LogP contribution < -0.4 is 0 Å². The number of benzene rings is 6. The molecule has 0 saturated carbocycles. The highest BCUT2D eigenvalue weighted by atomic mass is 79.9. The molecule has 1 aliphatic rings. The summed E-state index contributed by atoms with van der Waals surface area (Å²) in [6, 6.07) is 46.1. The van der Waals surface area contributed by atoms with E-state index in [0.717, 1.165) is 54.5 Å². The molecule has 0 amide bonds. The molecule has 7 rings (SSSR count). The summed E-state index contributed by atoms with van der Waals surface area (Å²) in [7, 11) is 0. The van der Waals surface area contributed by atoms with Gasteiger partial charge in [0.25, 0.3) is 0 Å². The average molecular weight is 539 g/mol. The molecule has 0 fully saturated rings. The molecule has 0 saturated heterocycles. The van der Waals surface area contributed by atoms with E-state index in [2.05, 4.69) is 137 Å². The van der Waals surface area contributed by atoms with Crippen molar-refractivity contribution in [1.82, 2.24) is 0 Å². The van der Waals surface area contributed by atoms with Crippen LogP contribution in [0.3, 0.4) is 0 Å². The molecular weight excluding hydrogens is 516 g/mol. The largest absolute Gasteiger partial charge is 0.376 e. The van der Waals surface area contributed by atoms with Gasteiger partial charge in [0.2, 0.25) is 0 Å². The van der Waals surface area contributed by atoms with E-state index in [1.54, 1.807) is 0 Å². The monoisotopic (exact) mass is 538 g/mol. The van der Waals surface area contributed by atoms with Gasteiger partial charge in [0.1, 0.15) is 5.60 Å². The lowest BCUT2D eigenvalue weighted by Crippen LogP contribution is -2.30. The van der Waals surface area contributed by atoms with E-state index in [1.165, 1.54) is 10.8 Å². The van der Waals surface area contributed by atoms with Gasteiger partial charge in [-0.3, -0.25) is 0 Å². The first-order chi connectivity index (χ1) is 18.2. The Balaban J connectivity index is 1.63. The van der Waals surface area contributed by atoms with Crippen LogP contribution in [0.25, 0.3) is 44.2 Å². The number of hydrogen-bond acceptors (Lipinski definition) is 1. The zero-order valence-electron chi connectivity index (χ0n) is 20.0. The fraction of sp³-hybridized carbons (Fsp3) is 0.0286. The van der Waals surface area contributed by atoms with Crippen LogP contribution in [0.4, 0.5) is 0 Å². The zero-order chi connectivity index (χ0) is 25.0. The van der Waals surface area contributed by atoms with Crippen molar-refractivity contribution < 1.29 is 5.11 Å². The second-order valence-corrected chi connectivity index (χ2v) is 10.5. The summed E-state index contributed by atoms with van der Waals surface area (Å²) in [5.74, 6) is 0. The minimum Gasteiger partial charge on any atom is -0.376 e. The molecule has 1 unspecified atom stereocenters. The normalized spacial score (nSPS) is 15.9. The highest BCUT2D eigenvalue weighted by molar-refractivity contribution is 9.10. The smallest absolute Gasteiger partial charge is 0.142 e. The Bertz CT molecular complexity index is 1810. The lowest BCUT2D eigenvalue weighted by Gasteiger charge is -2.34. The maximum Gasteiger partial charge on any atom is 0.142 e. The second kappa shape index (κ2) is 8.55. The van der Waals surface area contributed by atoms with E-state index in [4.69, 9.17) is 0 Å². The predicted molar refractivity (Wildman–Crippen MR) is 156 cm³/mol. The topological polar surface area (TPSA) is 20.2 Å². The van der Waals surface area contributed by atoms with Gasteiger partial charge in [0.05, 0.1) is 0 Å². The summed E-state index contributed by atoms with van der Waals surface area (Å²) in [5, 5.41) is 15.6. The highest BCUT2D eigenvalue weighted by Gasteiger charge is 2.42. The Morgan fingerprint density at radius 1 is 0.432 bits per heavy atom. The first-order valence-corrected chi connectivity index (χ1v) is 13.2. The molecule has 37 heavy (non-hydrogen) atoms. The molecule has 6 aromatic rings. The molecule has 0 radical (unpaired) electrons. The third kappa shape index (κ3) is 3.33. The predicted octanol–water partition coefficient (Wildman–Crippen LogP) is 9.20. The molecule has 1 atom stereocenters. The van der Waals surface area contributed by atoms with E-state index in [9.17, 15) is 5.11 Å². The van der Waals surface area contributed by atoms with E-state index in [0.29, 0.717) is 0 Å². The molecule has 0 spiro atoms. The van der Waals surface area contributed by atoms with Gasteiger partial charge < -0.3 is 5.11 Å². The van der Waals surface area contributed by atoms with Gasteiger partial charge in [-0.25, -0.2) is 0 Å². The van der Waals surface area contributed by atoms with E-state index >= 15 is 0 Å². The summed E-state index contributed by atoms with van der Waals surface area (Å²) >= 11 is 3.70. The molecule has 176 valence electrons. The van der Waals surface area contributed by atoms with Gasteiger partial charge in [-0.2, -0.15) is 0 Å². The number of rotatable bonds is 2. The van der Waals surface area contributed by atoms with Crippen molar-refractivity contribution in [2.75, 3.05) is 0 Å². The van der Waals surface area contributed by atoms with Crippen LogP contribution in [-0.4, -0.2) is 5.11 Å². The first-order valence-electron chi connectivity index (χ1n) is 12.5. The van der Waals surface area contributed by atoms with Gasteiger partial charge in [0.15, 0.2) is 0 Å². The molecular formula is C35H23BrO. The summed E-state index contributed by atoms with van der Waals surface area (Å²) in [6.45, 7) is 0. The Kier molecular flexibility index (Phi) is 5.14. The summed E-state index contributed by atoms with van der Waals surface area (Å²) < 4.78 is 0.934. The Hall–Kier alpha value is -3.98. The second-order valence-electron chi connectivity index (χ2n) is 9.56. The molecule has 0 aliphatic heterocycles. The maximum atomic E-state index is 13.2. The fourth-order valence-electron chi connectivity index (χ4n) is 5.97. The van der Waals surface area contributed by atoms with Crippen molar-refractivity contribution in [3.63, 3.8) is 0 Å². The molecule has 0 heterocycles. The van der Waals surface area contributed by atoms with Gasteiger partial charge in [0, 0.05) is 21.2 Å². The Labute approximate surface area is 224 Å². The Morgan fingerprint density at radius 2 is 0.919 bits per heavy atom. The lowest BCUT2D eigenvalue weighted by atomic mass is 9.75. The summed E-state index contributed by atoms with van der Waals surface area (Å²) in [6.07, 6.45) is 0. The zero-order valence-corrected chi connectivity index (χ0v) is 21.6. The van der Waals surface area contributed by atoms with Gasteiger partial charge >= 0.3 is 0 Å². The van der Waals surface area contributed by atoms with Gasteiger partial charge in [-0.1, -0.05) is 137 Å². The van der Waals surface area contributed by atoms with Crippen LogP contribution in [0.15, 0.2) is 138 Å². The number of halogens is 1. The first kappa shape index (κ1) is 22.2. The van der Waals surface area contributed by atoms with Crippen molar-refractivity contribution in [2.24, 2.45) is 0 Å². The molecule has 1 aliphatic carbocycles. The van der Waals surface area contributed by atoms with E-state index < -0.39 is 5.60 Å². The fourth-order valence-corrected chi connectivity index (χ4v) is 6.33. The molecule has 2 heteroatoms. The van der Waals surface area contributed by atoms with Gasteiger partial charge in [-0.15, -0.1) is 0 Å². The van der Waals surface area contributed by atoms with Crippen LogP contribution in [0.2, 0.25) is 0 Å². The Morgan fingerprint density at radius 3 is 1.62 bits per heavy atom. The third-order valence-corrected chi connectivity index (χ3v) is 8.09. The number of aliphatic hydroxyl groups is 1. The molecule has 0 bridgehead atoms. The van der Waals surface area contributed by atoms with Crippen molar-refractivity contribution >= 4 is 26.7 Å². The molecule has 1 nitrogen and oxygen atoms in total. The highest BCUT2D eigenvalue weighted by Crippen LogP contribution is 2.52. The average Bonchev–Trinajstić information content (AvgIpc) is 3.05. The van der Waals surface area contributed by atoms with Crippen LogP contribution in [-0.2, 0) is 5.60 Å². The minimum absolute atomic E-state index is 0.867. The van der Waals surface area contributed by atoms with Crippen molar-refractivity contribution in [3.05, 3.63) is 155 Å². The van der Waals surface area contributed by atoms with Crippen molar-refractivity contribution in [2.45, 2.75) is 5.60 Å². The van der Waals surface area contributed by atoms with E-state index in [-0.39, 0.29) is 0 Å². The SMILES string of the molecule is OC1(c2ccccc2-c2cccc3ccccc23)c2ccccc2-c2ccccc2-c2ccc(Br)cc21. The maximum absolute atomic E-state index is 13.2. The molecule has 0 aromatic heterocycles. The van der Waals surface area contributed by atoms with Crippen LogP contribution in [0.1, 0.15) is 16.7 Å². The minimum atomic E-state index is -1.39. The van der Waals surface area contributed by atoms with Gasteiger partial charge in [-0.05, 0) is 56.3 Å². The standard InChI is InChI=1S/C35H23BrO/c36-24-20-21-31-28-14-4-3-13-27(28)30-16-6-8-19-33(30)35(37,34(31)22-24)32-18-7-5-15-29(32)26-17-9-11-23-10-1-2-12-25(23)26/h1-22,37H. The van der Waals surface area contributed by atoms with Crippen LogP contribution in [0.5, 0.6) is 0 Å². The van der Waals surface area contributed by atoms with Crippen molar-refractivity contribution in [1.29, 1.82) is 0 Å². The van der Waals surface area contributed by atoms with Crippen molar-refractivity contribution in [3.8, 4) is 33.4 Å². The lowest BCUT2D eigenvalue weighted by molar-refractivity contribution is 0.128. The van der Waals surface area contributed by atoms with Crippen LogP contribution >= 0.6 is 15.9 Å². The summed E-state index contributed by atoms with van der Waals surface area (Å²) in [4.78, 5) is 0. The quantitative estimate of drug-likeness (QED) is 0.233. The number of fused-ring (bicyclic) bond motifs is 6. The van der Waals surface area contributed by atoms with E-state index in [1.807, 2.05) is 12.1 Å². The third-order valence-electron chi connectivity index (χ3n) is 7.59. The molecule has 1 N–H and O–H groups in total. The molecule has 6 aromatic carbocycles. The number of hydrogen-bond donors (Lipinski definition) is 1.